The maximum atomic E-state index is 14.5. The number of nitrogens with zero attached hydrogens (tertiary/aromatic N) is 6. The summed E-state index contributed by atoms with van der Waals surface area (Å²) in [5.41, 5.74) is 7.99. The number of imidazole rings is 2. The topological polar surface area (TPSA) is 106 Å². The molecule has 0 radical (unpaired) electrons. The first-order valence-electron chi connectivity index (χ1n) is 11.3. The molecule has 35 heavy (non-hydrogen) atoms. The van der Waals surface area contributed by atoms with Crippen molar-refractivity contribution in [3.63, 3.8) is 0 Å². The fourth-order valence-electron chi connectivity index (χ4n) is 4.69. The summed E-state index contributed by atoms with van der Waals surface area (Å²) in [5, 5.41) is 0. The van der Waals surface area contributed by atoms with E-state index < -0.39 is 17.7 Å². The maximum absolute atomic E-state index is 14.5. The molecule has 1 aliphatic rings. The van der Waals surface area contributed by atoms with Gasteiger partial charge < -0.3 is 10.5 Å². The SMILES string of the molecule is NCCCn1c(=O)n([C@@H]2CCOc3c(F)cccc32)c2nc(-n3cnc4ccc(F)cc43)ncc21. The molecule has 9 nitrogen and oxygen atoms in total. The van der Waals surface area contributed by atoms with E-state index in [2.05, 4.69) is 9.97 Å². The molecule has 0 amide bonds. The lowest BCUT2D eigenvalue weighted by Gasteiger charge is -2.26. The summed E-state index contributed by atoms with van der Waals surface area (Å²) < 4.78 is 38.7. The van der Waals surface area contributed by atoms with Crippen molar-refractivity contribution in [2.45, 2.75) is 25.4 Å². The molecule has 3 aromatic heterocycles. The minimum Gasteiger partial charge on any atom is -0.490 e. The van der Waals surface area contributed by atoms with Gasteiger partial charge in [-0.2, -0.15) is 4.98 Å². The van der Waals surface area contributed by atoms with Crippen molar-refractivity contribution in [1.29, 1.82) is 0 Å². The van der Waals surface area contributed by atoms with Crippen molar-refractivity contribution < 1.29 is 13.5 Å². The zero-order valence-electron chi connectivity index (χ0n) is 18.6. The number of aromatic nitrogens is 6. The van der Waals surface area contributed by atoms with E-state index in [1.165, 1.54) is 24.5 Å². The normalized spacial score (nSPS) is 15.5. The second-order valence-corrected chi connectivity index (χ2v) is 8.38. The Morgan fingerprint density at radius 3 is 2.89 bits per heavy atom. The van der Waals surface area contributed by atoms with E-state index in [9.17, 15) is 13.6 Å². The van der Waals surface area contributed by atoms with Crippen molar-refractivity contribution in [2.24, 2.45) is 5.73 Å². The number of hydrogen-bond donors (Lipinski definition) is 1. The van der Waals surface area contributed by atoms with Gasteiger partial charge >= 0.3 is 5.69 Å². The van der Waals surface area contributed by atoms with E-state index >= 15 is 0 Å². The van der Waals surface area contributed by atoms with Crippen LogP contribution in [0.4, 0.5) is 8.78 Å². The van der Waals surface area contributed by atoms with Crippen LogP contribution in [0.25, 0.3) is 28.1 Å². The van der Waals surface area contributed by atoms with Gasteiger partial charge in [0, 0.05) is 24.6 Å². The average Bonchev–Trinajstić information content (AvgIpc) is 3.40. The van der Waals surface area contributed by atoms with Crippen molar-refractivity contribution in [3.05, 3.63) is 76.6 Å². The van der Waals surface area contributed by atoms with Gasteiger partial charge in [-0.05, 0) is 31.2 Å². The van der Waals surface area contributed by atoms with Crippen LogP contribution in [0.1, 0.15) is 24.4 Å². The smallest absolute Gasteiger partial charge is 0.330 e. The zero-order chi connectivity index (χ0) is 24.1. The second kappa shape index (κ2) is 8.27. The van der Waals surface area contributed by atoms with Gasteiger partial charge in [-0.15, -0.1) is 0 Å². The van der Waals surface area contributed by atoms with Gasteiger partial charge in [-0.1, -0.05) is 12.1 Å². The fraction of sp³-hybridized carbons (Fsp3) is 0.250. The van der Waals surface area contributed by atoms with E-state index in [0.29, 0.717) is 53.7 Å². The van der Waals surface area contributed by atoms with Crippen molar-refractivity contribution >= 4 is 22.2 Å². The predicted octanol–water partition coefficient (Wildman–Crippen LogP) is 2.93. The van der Waals surface area contributed by atoms with Gasteiger partial charge in [0.15, 0.2) is 17.2 Å². The lowest BCUT2D eigenvalue weighted by atomic mass is 10.00. The van der Waals surface area contributed by atoms with Crippen molar-refractivity contribution in [1.82, 2.24) is 28.7 Å². The van der Waals surface area contributed by atoms with Gasteiger partial charge in [0.2, 0.25) is 5.95 Å². The summed E-state index contributed by atoms with van der Waals surface area (Å²) in [7, 11) is 0. The Kier molecular flexibility index (Phi) is 5.06. The van der Waals surface area contributed by atoms with Gasteiger partial charge in [-0.3, -0.25) is 13.7 Å². The highest BCUT2D eigenvalue weighted by Crippen LogP contribution is 2.37. The standard InChI is InChI=1S/C24H21F2N7O2/c25-14-5-6-17-19(11-14)32(13-29-17)23-28-12-20-22(30-23)33(24(34)31(20)9-2-8-27)18-7-10-35-21-15(18)3-1-4-16(21)26/h1,3-6,11-13,18H,2,7-10,27H2/t18-/m1/s1. The molecule has 178 valence electrons. The number of hydrogen-bond acceptors (Lipinski definition) is 6. The van der Waals surface area contributed by atoms with Crippen LogP contribution < -0.4 is 16.2 Å². The number of benzene rings is 2. The highest BCUT2D eigenvalue weighted by molar-refractivity contribution is 5.78. The zero-order valence-corrected chi connectivity index (χ0v) is 18.6. The fourth-order valence-corrected chi connectivity index (χ4v) is 4.69. The Hall–Kier alpha value is -4.12. The molecule has 0 unspecified atom stereocenters. The minimum absolute atomic E-state index is 0.142. The van der Waals surface area contributed by atoms with Crippen LogP contribution in [0.15, 0.2) is 53.7 Å². The quantitative estimate of drug-likeness (QED) is 0.417. The summed E-state index contributed by atoms with van der Waals surface area (Å²) in [4.78, 5) is 27.1. The van der Waals surface area contributed by atoms with Crippen LogP contribution in [-0.2, 0) is 6.54 Å². The number of para-hydroxylation sites is 1. The lowest BCUT2D eigenvalue weighted by molar-refractivity contribution is 0.243. The Balaban J connectivity index is 1.59. The van der Waals surface area contributed by atoms with Crippen LogP contribution >= 0.6 is 0 Å². The van der Waals surface area contributed by atoms with Crippen LogP contribution in [0.5, 0.6) is 5.75 Å². The summed E-state index contributed by atoms with van der Waals surface area (Å²) >= 11 is 0. The second-order valence-electron chi connectivity index (χ2n) is 8.38. The molecule has 1 atom stereocenters. The van der Waals surface area contributed by atoms with Crippen molar-refractivity contribution in [3.8, 4) is 11.7 Å². The average molecular weight is 477 g/mol. The molecule has 6 rings (SSSR count). The summed E-state index contributed by atoms with van der Waals surface area (Å²) in [6.07, 6.45) is 4.14. The first-order chi connectivity index (χ1) is 17.1. The monoisotopic (exact) mass is 477 g/mol. The first kappa shape index (κ1) is 21.4. The van der Waals surface area contributed by atoms with Gasteiger partial charge in [0.05, 0.1) is 29.9 Å². The summed E-state index contributed by atoms with van der Waals surface area (Å²) in [6.45, 7) is 1.06. The van der Waals surface area contributed by atoms with Gasteiger partial charge in [0.1, 0.15) is 17.7 Å². The van der Waals surface area contributed by atoms with Crippen LogP contribution in [0, 0.1) is 11.6 Å². The largest absolute Gasteiger partial charge is 0.490 e. The Bertz CT molecular complexity index is 1640. The van der Waals surface area contributed by atoms with Gasteiger partial charge in [0.25, 0.3) is 0 Å². The van der Waals surface area contributed by atoms with E-state index in [0.717, 1.165) is 0 Å². The lowest BCUT2D eigenvalue weighted by Crippen LogP contribution is -2.31. The number of aryl methyl sites for hydroxylation is 1. The molecule has 2 N–H and O–H groups in total. The molecule has 2 aromatic carbocycles. The van der Waals surface area contributed by atoms with Gasteiger partial charge in [-0.25, -0.2) is 23.5 Å². The molecule has 0 fully saturated rings. The third-order valence-corrected chi connectivity index (χ3v) is 6.31. The maximum Gasteiger partial charge on any atom is 0.330 e. The van der Waals surface area contributed by atoms with Crippen LogP contribution in [-0.4, -0.2) is 41.8 Å². The van der Waals surface area contributed by atoms with Crippen LogP contribution in [0.2, 0.25) is 0 Å². The number of halogens is 2. The molecule has 0 saturated heterocycles. The highest BCUT2D eigenvalue weighted by atomic mass is 19.1. The number of nitrogens with two attached hydrogens (primary N) is 1. The summed E-state index contributed by atoms with van der Waals surface area (Å²) in [6, 6.07) is 8.47. The van der Waals surface area contributed by atoms with Crippen molar-refractivity contribution in [2.75, 3.05) is 13.2 Å². The number of rotatable bonds is 5. The van der Waals surface area contributed by atoms with E-state index in [1.807, 2.05) is 0 Å². The highest BCUT2D eigenvalue weighted by Gasteiger charge is 2.30. The molecule has 5 aromatic rings. The molecule has 11 heteroatoms. The van der Waals surface area contributed by atoms with E-state index in [4.69, 9.17) is 15.5 Å². The molecule has 0 spiro atoms. The molecule has 0 aliphatic carbocycles. The number of fused-ring (bicyclic) bond motifs is 3. The predicted molar refractivity (Wildman–Crippen MR) is 125 cm³/mol. The molecule has 4 heterocycles. The Morgan fingerprint density at radius 2 is 2.03 bits per heavy atom. The van der Waals surface area contributed by atoms with E-state index in [1.54, 1.807) is 38.1 Å². The third-order valence-electron chi connectivity index (χ3n) is 6.31. The van der Waals surface area contributed by atoms with Crippen LogP contribution in [0.3, 0.4) is 0 Å². The minimum atomic E-state index is -0.483. The summed E-state index contributed by atoms with van der Waals surface area (Å²) in [5.74, 6) is -0.508. The van der Waals surface area contributed by atoms with E-state index in [-0.39, 0.29) is 24.0 Å². The molecular weight excluding hydrogens is 456 g/mol. The Labute approximate surface area is 197 Å². The molecular formula is C24H21F2N7O2. The first-order valence-corrected chi connectivity index (χ1v) is 11.3. The third kappa shape index (κ3) is 3.38. The molecule has 0 saturated carbocycles. The number of ether oxygens (including phenoxy) is 1. The Morgan fingerprint density at radius 1 is 1.14 bits per heavy atom. The molecule has 1 aliphatic heterocycles. The molecule has 0 bridgehead atoms.